The van der Waals surface area contributed by atoms with Crippen LogP contribution in [0.2, 0.25) is 0 Å². The molecule has 1 fully saturated rings. The fourth-order valence-electron chi connectivity index (χ4n) is 2.41. The summed E-state index contributed by atoms with van der Waals surface area (Å²) >= 11 is 0.772. The van der Waals surface area contributed by atoms with Crippen LogP contribution in [-0.2, 0) is 9.84 Å². The van der Waals surface area contributed by atoms with Gasteiger partial charge >= 0.3 is 11.9 Å². The Bertz CT molecular complexity index is 724. The molecule has 24 heavy (non-hydrogen) atoms. The minimum absolute atomic E-state index is 0.0872. The summed E-state index contributed by atoms with van der Waals surface area (Å²) in [7, 11) is -3.59. The van der Waals surface area contributed by atoms with E-state index >= 15 is 0 Å². The Hall–Kier alpha value is -1.40. The van der Waals surface area contributed by atoms with Crippen LogP contribution in [0.4, 0.5) is 23.9 Å². The molecule has 1 aromatic rings. The highest BCUT2D eigenvalue weighted by atomic mass is 32.2. The summed E-state index contributed by atoms with van der Waals surface area (Å²) in [5.41, 5.74) is -0.335. The molecule has 0 radical (unpaired) electrons. The third-order valence-electron chi connectivity index (χ3n) is 3.86. The van der Waals surface area contributed by atoms with Gasteiger partial charge in [0.2, 0.25) is 0 Å². The van der Waals surface area contributed by atoms with E-state index in [1.165, 1.54) is 4.90 Å². The molecule has 0 N–H and O–H groups in total. The minimum atomic E-state index is -4.33. The number of sulfone groups is 1. The molecule has 0 bridgehead atoms. The Balaban J connectivity index is 2.20. The predicted molar refractivity (Wildman–Crippen MR) is 83.4 cm³/mol. The Kier molecular flexibility index (Phi) is 5.11. The lowest BCUT2D eigenvalue weighted by molar-refractivity contribution is -0.383. The molecule has 0 aliphatic carbocycles. The number of alkyl halides is 3. The fourth-order valence-corrected chi connectivity index (χ4v) is 4.49. The molecule has 1 aromatic heterocycles. The minimum Gasteiger partial charge on any atom is -0.355 e. The van der Waals surface area contributed by atoms with Crippen LogP contribution in [0.15, 0.2) is 10.3 Å². The van der Waals surface area contributed by atoms with Crippen LogP contribution in [0.5, 0.6) is 0 Å². The molecule has 2 rings (SSSR count). The number of nitro groups is 1. The summed E-state index contributed by atoms with van der Waals surface area (Å²) in [6.07, 6.45) is -3.38. The average molecular weight is 387 g/mol. The summed E-state index contributed by atoms with van der Waals surface area (Å²) in [4.78, 5) is 13.3. The Morgan fingerprint density at radius 3 is 2.25 bits per heavy atom. The molecule has 0 aromatic carbocycles. The predicted octanol–water partition coefficient (Wildman–Crippen LogP) is 2.13. The van der Waals surface area contributed by atoms with Gasteiger partial charge in [0.15, 0.2) is 14.8 Å². The molecule has 1 aliphatic heterocycles. The summed E-state index contributed by atoms with van der Waals surface area (Å²) in [6, 6.07) is -0.593. The number of rotatable bonds is 4. The van der Waals surface area contributed by atoms with E-state index in [9.17, 15) is 31.7 Å². The summed E-state index contributed by atoms with van der Waals surface area (Å²) in [5, 5.41) is 11.3. The Morgan fingerprint density at radius 1 is 1.29 bits per heavy atom. The molecule has 1 atom stereocenters. The molecule has 0 saturated carbocycles. The molecular formula is C12H16F3N3O4S2. The molecule has 1 unspecified atom stereocenters. The maximum absolute atomic E-state index is 12.7. The lowest BCUT2D eigenvalue weighted by Gasteiger charge is -2.38. The van der Waals surface area contributed by atoms with E-state index in [1.807, 2.05) is 0 Å². The average Bonchev–Trinajstić information content (AvgIpc) is 2.91. The molecule has 12 heteroatoms. The largest absolute Gasteiger partial charge is 0.403 e. The highest BCUT2D eigenvalue weighted by molar-refractivity contribution is 7.92. The Labute approximate surface area is 140 Å². The van der Waals surface area contributed by atoms with Crippen LogP contribution in [0, 0.1) is 10.1 Å². The van der Waals surface area contributed by atoms with Crippen molar-refractivity contribution >= 4 is 31.9 Å². The standard InChI is InChI=1S/C12H16F3N3O4S2/c1-8(12(13,14)15)16-3-5-17(6-4-16)11-9(18(19)20)7-10(23-11)24(2,21)22/h7-8H,3-6H2,1-2H3. The summed E-state index contributed by atoms with van der Waals surface area (Å²) in [6.45, 7) is 1.56. The number of thiophene rings is 1. The van der Waals surface area contributed by atoms with E-state index in [0.717, 1.165) is 30.6 Å². The first-order chi connectivity index (χ1) is 10.9. The first kappa shape index (κ1) is 18.9. The zero-order valence-electron chi connectivity index (χ0n) is 12.9. The van der Waals surface area contributed by atoms with Crippen LogP contribution in [0.25, 0.3) is 0 Å². The van der Waals surface area contributed by atoms with Crippen LogP contribution in [0.1, 0.15) is 6.92 Å². The first-order valence-corrected chi connectivity index (χ1v) is 9.66. The van der Waals surface area contributed by atoms with Crippen molar-refractivity contribution in [2.24, 2.45) is 0 Å². The SMILES string of the molecule is CC(N1CCN(c2sc(S(C)(=O)=O)cc2[N+](=O)[O-])CC1)C(F)(F)F. The van der Waals surface area contributed by atoms with E-state index in [1.54, 1.807) is 4.90 Å². The molecule has 1 saturated heterocycles. The van der Waals surface area contributed by atoms with Crippen molar-refractivity contribution in [1.29, 1.82) is 0 Å². The second kappa shape index (κ2) is 6.48. The van der Waals surface area contributed by atoms with Crippen molar-refractivity contribution in [3.05, 3.63) is 16.2 Å². The van der Waals surface area contributed by atoms with Crippen LogP contribution < -0.4 is 4.90 Å². The summed E-state index contributed by atoms with van der Waals surface area (Å²) in [5.74, 6) is 0. The molecule has 136 valence electrons. The number of hydrogen-bond donors (Lipinski definition) is 0. The van der Waals surface area contributed by atoms with E-state index in [4.69, 9.17) is 0 Å². The Morgan fingerprint density at radius 2 is 1.83 bits per heavy atom. The number of hydrogen-bond acceptors (Lipinski definition) is 7. The van der Waals surface area contributed by atoms with Gasteiger partial charge in [0.05, 0.1) is 4.92 Å². The lowest BCUT2D eigenvalue weighted by atomic mass is 10.2. The van der Waals surface area contributed by atoms with E-state index in [2.05, 4.69) is 0 Å². The van der Waals surface area contributed by atoms with Crippen LogP contribution in [-0.4, -0.2) is 62.9 Å². The molecule has 0 amide bonds. The van der Waals surface area contributed by atoms with E-state index in [-0.39, 0.29) is 41.1 Å². The zero-order valence-corrected chi connectivity index (χ0v) is 14.5. The molecule has 0 spiro atoms. The van der Waals surface area contributed by atoms with Crippen LogP contribution >= 0.6 is 11.3 Å². The van der Waals surface area contributed by atoms with Gasteiger partial charge in [-0.25, -0.2) is 8.42 Å². The van der Waals surface area contributed by atoms with Gasteiger partial charge in [0.25, 0.3) is 0 Å². The maximum atomic E-state index is 12.7. The quantitative estimate of drug-likeness (QED) is 0.581. The molecular weight excluding hydrogens is 371 g/mol. The molecule has 1 aliphatic rings. The van der Waals surface area contributed by atoms with Gasteiger partial charge in [-0.15, -0.1) is 0 Å². The van der Waals surface area contributed by atoms with E-state index < -0.39 is 27.0 Å². The van der Waals surface area contributed by atoms with Crippen molar-refractivity contribution in [2.45, 2.75) is 23.4 Å². The van der Waals surface area contributed by atoms with Crippen molar-refractivity contribution in [3.8, 4) is 0 Å². The third-order valence-corrected chi connectivity index (χ3v) is 6.84. The van der Waals surface area contributed by atoms with Crippen molar-refractivity contribution in [3.63, 3.8) is 0 Å². The fraction of sp³-hybridized carbons (Fsp3) is 0.667. The van der Waals surface area contributed by atoms with Gasteiger partial charge in [0.1, 0.15) is 10.3 Å². The topological polar surface area (TPSA) is 83.8 Å². The normalized spacial score (nSPS) is 18.6. The first-order valence-electron chi connectivity index (χ1n) is 6.95. The number of nitrogens with zero attached hydrogens (tertiary/aromatic N) is 3. The maximum Gasteiger partial charge on any atom is 0.403 e. The van der Waals surface area contributed by atoms with E-state index in [0.29, 0.717) is 0 Å². The highest BCUT2D eigenvalue weighted by Crippen LogP contribution is 2.40. The van der Waals surface area contributed by atoms with Gasteiger partial charge in [-0.05, 0) is 6.92 Å². The lowest BCUT2D eigenvalue weighted by Crippen LogP contribution is -2.53. The highest BCUT2D eigenvalue weighted by Gasteiger charge is 2.41. The second-order valence-corrected chi connectivity index (χ2v) is 8.80. The van der Waals surface area contributed by atoms with Crippen molar-refractivity contribution in [2.75, 3.05) is 37.3 Å². The van der Waals surface area contributed by atoms with Gasteiger partial charge in [0, 0.05) is 38.5 Å². The second-order valence-electron chi connectivity index (χ2n) is 5.53. The van der Waals surface area contributed by atoms with Gasteiger partial charge in [-0.3, -0.25) is 15.0 Å². The number of anilines is 1. The third kappa shape index (κ3) is 3.98. The van der Waals surface area contributed by atoms with Gasteiger partial charge < -0.3 is 4.90 Å². The molecule has 2 heterocycles. The number of piperazine rings is 1. The zero-order chi connectivity index (χ0) is 18.3. The number of halogens is 3. The van der Waals surface area contributed by atoms with Crippen LogP contribution in [0.3, 0.4) is 0 Å². The van der Waals surface area contributed by atoms with Crippen molar-refractivity contribution < 1.29 is 26.5 Å². The summed E-state index contributed by atoms with van der Waals surface area (Å²) < 4.78 is 61.3. The monoisotopic (exact) mass is 387 g/mol. The van der Waals surface area contributed by atoms with Gasteiger partial charge in [-0.1, -0.05) is 11.3 Å². The molecule has 7 nitrogen and oxygen atoms in total. The van der Waals surface area contributed by atoms with Crippen molar-refractivity contribution in [1.82, 2.24) is 4.90 Å². The smallest absolute Gasteiger partial charge is 0.355 e. The van der Waals surface area contributed by atoms with Gasteiger partial charge in [-0.2, -0.15) is 13.2 Å².